The molecule has 1 N–H and O–H groups in total. The van der Waals surface area contributed by atoms with E-state index in [1.807, 2.05) is 32.3 Å². The van der Waals surface area contributed by atoms with Gasteiger partial charge in [-0.3, -0.25) is 4.98 Å². The van der Waals surface area contributed by atoms with Crippen molar-refractivity contribution in [3.8, 4) is 5.75 Å². The Morgan fingerprint density at radius 1 is 1.26 bits per heavy atom. The highest BCUT2D eigenvalue weighted by Crippen LogP contribution is 2.27. The standard InChI is InChI=1S/C20H25N5O2/c1-6-17-23-15-7-9-25(18(15)20(24-17)21-8-10-26-4)12-16-14(3)19(27-5)13(2)11-22-16/h6-7,9,11H,1,8,10,12H2,2-5H3,(H,21,23,24). The number of hydrogen-bond donors (Lipinski definition) is 1. The third-order valence-corrected chi connectivity index (χ3v) is 4.48. The van der Waals surface area contributed by atoms with E-state index in [0.29, 0.717) is 25.5 Å². The van der Waals surface area contributed by atoms with Crippen molar-refractivity contribution in [2.75, 3.05) is 32.7 Å². The Hall–Kier alpha value is -2.93. The van der Waals surface area contributed by atoms with Gasteiger partial charge in [0, 0.05) is 37.2 Å². The first-order chi connectivity index (χ1) is 13.1. The fraction of sp³-hybridized carbons (Fsp3) is 0.350. The maximum absolute atomic E-state index is 5.53. The second-order valence-corrected chi connectivity index (χ2v) is 6.28. The van der Waals surface area contributed by atoms with Crippen molar-refractivity contribution in [1.29, 1.82) is 0 Å². The minimum Gasteiger partial charge on any atom is -0.496 e. The van der Waals surface area contributed by atoms with E-state index in [4.69, 9.17) is 9.47 Å². The van der Waals surface area contributed by atoms with Crippen molar-refractivity contribution in [2.45, 2.75) is 20.4 Å². The second-order valence-electron chi connectivity index (χ2n) is 6.28. The molecule has 0 amide bonds. The second kappa shape index (κ2) is 8.18. The molecule has 0 aromatic carbocycles. The van der Waals surface area contributed by atoms with Crippen LogP contribution in [0.3, 0.4) is 0 Å². The van der Waals surface area contributed by atoms with E-state index in [1.54, 1.807) is 20.3 Å². The summed E-state index contributed by atoms with van der Waals surface area (Å²) in [5.41, 5.74) is 4.80. The molecular weight excluding hydrogens is 342 g/mol. The van der Waals surface area contributed by atoms with E-state index in [9.17, 15) is 0 Å². The molecule has 27 heavy (non-hydrogen) atoms. The van der Waals surface area contributed by atoms with Crippen LogP contribution in [0.25, 0.3) is 17.1 Å². The van der Waals surface area contributed by atoms with Crippen molar-refractivity contribution in [3.05, 3.63) is 47.7 Å². The minimum atomic E-state index is 0.589. The van der Waals surface area contributed by atoms with Crippen LogP contribution in [0.5, 0.6) is 5.75 Å². The predicted octanol–water partition coefficient (Wildman–Crippen LogP) is 3.20. The van der Waals surface area contributed by atoms with Gasteiger partial charge < -0.3 is 19.4 Å². The topological polar surface area (TPSA) is 74.1 Å². The Balaban J connectivity index is 2.04. The van der Waals surface area contributed by atoms with Gasteiger partial charge in [0.2, 0.25) is 0 Å². The van der Waals surface area contributed by atoms with Crippen LogP contribution in [-0.2, 0) is 11.3 Å². The molecule has 0 radical (unpaired) electrons. The van der Waals surface area contributed by atoms with E-state index >= 15 is 0 Å². The number of fused-ring (bicyclic) bond motifs is 1. The third-order valence-electron chi connectivity index (χ3n) is 4.48. The first-order valence-corrected chi connectivity index (χ1v) is 8.80. The molecule has 0 aliphatic carbocycles. The molecule has 3 aromatic rings. The Bertz CT molecular complexity index is 965. The summed E-state index contributed by atoms with van der Waals surface area (Å²) in [6, 6.07) is 1.98. The van der Waals surface area contributed by atoms with E-state index in [-0.39, 0.29) is 0 Å². The molecule has 0 aliphatic rings. The van der Waals surface area contributed by atoms with E-state index in [0.717, 1.165) is 39.4 Å². The average Bonchev–Trinajstić information content (AvgIpc) is 3.07. The summed E-state index contributed by atoms with van der Waals surface area (Å²) >= 11 is 0. The van der Waals surface area contributed by atoms with Gasteiger partial charge in [-0.1, -0.05) is 6.58 Å². The lowest BCUT2D eigenvalue weighted by Crippen LogP contribution is -2.12. The highest BCUT2D eigenvalue weighted by molar-refractivity contribution is 5.87. The van der Waals surface area contributed by atoms with Crippen LogP contribution >= 0.6 is 0 Å². The molecule has 0 fully saturated rings. The Kier molecular flexibility index (Phi) is 5.71. The number of aryl methyl sites for hydroxylation is 1. The molecule has 0 bridgehead atoms. The number of hydrogen-bond acceptors (Lipinski definition) is 6. The van der Waals surface area contributed by atoms with Gasteiger partial charge >= 0.3 is 0 Å². The van der Waals surface area contributed by atoms with Gasteiger partial charge in [-0.2, -0.15) is 0 Å². The SMILES string of the molecule is C=Cc1nc(NCCOC)c2c(ccn2Cc2ncc(C)c(OC)c2C)n1. The zero-order valence-corrected chi connectivity index (χ0v) is 16.2. The van der Waals surface area contributed by atoms with Gasteiger partial charge in [-0.25, -0.2) is 9.97 Å². The Labute approximate surface area is 159 Å². The smallest absolute Gasteiger partial charge is 0.154 e. The van der Waals surface area contributed by atoms with Crippen LogP contribution in [-0.4, -0.2) is 46.9 Å². The normalized spacial score (nSPS) is 11.0. The average molecular weight is 367 g/mol. The summed E-state index contributed by atoms with van der Waals surface area (Å²) in [6.45, 7) is 9.65. The molecule has 0 saturated heterocycles. The molecule has 7 heteroatoms. The number of aromatic nitrogens is 4. The van der Waals surface area contributed by atoms with E-state index < -0.39 is 0 Å². The monoisotopic (exact) mass is 367 g/mol. The number of anilines is 1. The molecule has 0 aliphatic heterocycles. The molecule has 0 saturated carbocycles. The first kappa shape index (κ1) is 18.8. The van der Waals surface area contributed by atoms with Gasteiger partial charge in [-0.15, -0.1) is 0 Å². The summed E-state index contributed by atoms with van der Waals surface area (Å²) < 4.78 is 12.8. The molecule has 3 aromatic heterocycles. The van der Waals surface area contributed by atoms with Crippen LogP contribution < -0.4 is 10.1 Å². The van der Waals surface area contributed by atoms with Crippen LogP contribution in [0, 0.1) is 13.8 Å². The lowest BCUT2D eigenvalue weighted by Gasteiger charge is -2.14. The molecule has 7 nitrogen and oxygen atoms in total. The van der Waals surface area contributed by atoms with Gasteiger partial charge in [0.1, 0.15) is 11.3 Å². The highest BCUT2D eigenvalue weighted by Gasteiger charge is 2.15. The third kappa shape index (κ3) is 3.78. The van der Waals surface area contributed by atoms with Crippen molar-refractivity contribution < 1.29 is 9.47 Å². The summed E-state index contributed by atoms with van der Waals surface area (Å²) in [5.74, 6) is 2.22. The summed E-state index contributed by atoms with van der Waals surface area (Å²) in [5, 5.41) is 3.33. The Morgan fingerprint density at radius 2 is 2.07 bits per heavy atom. The zero-order chi connectivity index (χ0) is 19.4. The van der Waals surface area contributed by atoms with Gasteiger partial charge in [0.15, 0.2) is 11.6 Å². The molecule has 0 atom stereocenters. The number of pyridine rings is 1. The lowest BCUT2D eigenvalue weighted by atomic mass is 10.1. The van der Waals surface area contributed by atoms with Crippen LogP contribution in [0.1, 0.15) is 22.6 Å². The number of nitrogens with one attached hydrogen (secondary N) is 1. The quantitative estimate of drug-likeness (QED) is 0.616. The van der Waals surface area contributed by atoms with Crippen LogP contribution in [0.2, 0.25) is 0 Å². The van der Waals surface area contributed by atoms with Crippen LogP contribution in [0.15, 0.2) is 25.0 Å². The van der Waals surface area contributed by atoms with Crippen molar-refractivity contribution >= 4 is 22.9 Å². The van der Waals surface area contributed by atoms with Crippen molar-refractivity contribution in [1.82, 2.24) is 19.5 Å². The fourth-order valence-corrected chi connectivity index (χ4v) is 3.13. The first-order valence-electron chi connectivity index (χ1n) is 8.80. The Morgan fingerprint density at radius 3 is 2.78 bits per heavy atom. The van der Waals surface area contributed by atoms with Gasteiger partial charge in [0.25, 0.3) is 0 Å². The van der Waals surface area contributed by atoms with E-state index in [2.05, 4.69) is 31.4 Å². The van der Waals surface area contributed by atoms with Crippen molar-refractivity contribution in [2.24, 2.45) is 0 Å². The predicted molar refractivity (Wildman–Crippen MR) is 107 cm³/mol. The summed E-state index contributed by atoms with van der Waals surface area (Å²) in [4.78, 5) is 13.7. The number of methoxy groups -OCH3 is 2. The summed E-state index contributed by atoms with van der Waals surface area (Å²) in [7, 11) is 3.36. The maximum Gasteiger partial charge on any atom is 0.154 e. The van der Waals surface area contributed by atoms with E-state index in [1.165, 1.54) is 0 Å². The highest BCUT2D eigenvalue weighted by atomic mass is 16.5. The summed E-state index contributed by atoms with van der Waals surface area (Å²) in [6.07, 6.45) is 5.49. The molecule has 3 rings (SSSR count). The molecule has 0 unspecified atom stereocenters. The number of nitrogens with zero attached hydrogens (tertiary/aromatic N) is 4. The van der Waals surface area contributed by atoms with Gasteiger partial charge in [-0.05, 0) is 26.0 Å². The number of ether oxygens (including phenoxy) is 2. The minimum absolute atomic E-state index is 0.589. The van der Waals surface area contributed by atoms with Crippen molar-refractivity contribution in [3.63, 3.8) is 0 Å². The lowest BCUT2D eigenvalue weighted by molar-refractivity contribution is 0.210. The zero-order valence-electron chi connectivity index (χ0n) is 16.2. The molecule has 0 spiro atoms. The molecule has 3 heterocycles. The fourth-order valence-electron chi connectivity index (χ4n) is 3.13. The molecular formula is C20H25N5O2. The van der Waals surface area contributed by atoms with Gasteiger partial charge in [0.05, 0.1) is 31.5 Å². The number of rotatable bonds is 8. The maximum atomic E-state index is 5.53. The largest absolute Gasteiger partial charge is 0.496 e. The molecule has 142 valence electrons. The van der Waals surface area contributed by atoms with Crippen LogP contribution in [0.4, 0.5) is 5.82 Å².